The fourth-order valence-electron chi connectivity index (χ4n) is 5.87. The lowest BCUT2D eigenvalue weighted by molar-refractivity contribution is -0.124. The van der Waals surface area contributed by atoms with Crippen LogP contribution in [0, 0.1) is 0 Å². The number of hydrazine groups is 1. The molecule has 1 aromatic carbocycles. The van der Waals surface area contributed by atoms with Crippen molar-refractivity contribution in [3.8, 4) is 0 Å². The van der Waals surface area contributed by atoms with E-state index in [4.69, 9.17) is 4.99 Å². The highest BCUT2D eigenvalue weighted by molar-refractivity contribution is 6.31. The van der Waals surface area contributed by atoms with Crippen LogP contribution in [0.3, 0.4) is 0 Å². The summed E-state index contributed by atoms with van der Waals surface area (Å²) >= 11 is 0. The maximum absolute atomic E-state index is 13.4. The number of anilines is 2. The van der Waals surface area contributed by atoms with Gasteiger partial charge in [0.1, 0.15) is 17.8 Å². The van der Waals surface area contributed by atoms with Gasteiger partial charge in [0.25, 0.3) is 5.91 Å². The molecule has 2 aromatic rings. The fraction of sp³-hybridized carbons (Fsp3) is 0.438. The lowest BCUT2D eigenvalue weighted by Crippen LogP contribution is -2.46. The topological polar surface area (TPSA) is 96.7 Å². The highest BCUT2D eigenvalue weighted by atomic mass is 16.3. The van der Waals surface area contributed by atoms with E-state index in [9.17, 15) is 9.90 Å². The fourth-order valence-corrected chi connectivity index (χ4v) is 5.87. The van der Waals surface area contributed by atoms with Gasteiger partial charge in [0, 0.05) is 17.9 Å². The van der Waals surface area contributed by atoms with Gasteiger partial charge in [0.2, 0.25) is 0 Å². The summed E-state index contributed by atoms with van der Waals surface area (Å²) in [5.41, 5.74) is 2.00. The van der Waals surface area contributed by atoms with Gasteiger partial charge < -0.3 is 15.3 Å². The van der Waals surface area contributed by atoms with Gasteiger partial charge >= 0.3 is 0 Å². The second-order valence-electron chi connectivity index (χ2n) is 11.5. The molecule has 9 nitrogen and oxygen atoms in total. The van der Waals surface area contributed by atoms with Crippen LogP contribution in [0.1, 0.15) is 63.1 Å². The molecule has 0 bridgehead atoms. The largest absolute Gasteiger partial charge is 0.384 e. The summed E-state index contributed by atoms with van der Waals surface area (Å²) < 4.78 is 0. The summed E-state index contributed by atoms with van der Waals surface area (Å²) in [6.45, 7) is 13.7. The molecule has 2 saturated heterocycles. The molecule has 1 aliphatic carbocycles. The standard InChI is InChI=1S/C32H41N7O2/c1-5-18-38-31(40)27(21-33-4)30(39(38)29-9-6-8-28(36-29)32(2,3)41)35-22-34-25-14-10-23(11-15-25)24-12-16-26(17-13-24)37-19-7-20-37/h5-6,8-11,14-15,21,24,26,34,41H,1,4,7,12-13,16-20,22H2,2-3H3/b27-21+,35-30+. The number of carbonyl (C=O) groups excluding carboxylic acids is 1. The highest BCUT2D eigenvalue weighted by Gasteiger charge is 2.40. The minimum absolute atomic E-state index is 0.237. The van der Waals surface area contributed by atoms with Crippen molar-refractivity contribution in [1.29, 1.82) is 0 Å². The monoisotopic (exact) mass is 555 g/mol. The van der Waals surface area contributed by atoms with Crippen molar-refractivity contribution in [1.82, 2.24) is 14.9 Å². The summed E-state index contributed by atoms with van der Waals surface area (Å²) in [7, 11) is 0. The van der Waals surface area contributed by atoms with Crippen molar-refractivity contribution >= 4 is 30.0 Å². The van der Waals surface area contributed by atoms with Crippen molar-refractivity contribution in [2.24, 2.45) is 9.98 Å². The average Bonchev–Trinajstić information content (AvgIpc) is 3.19. The zero-order chi connectivity index (χ0) is 29.0. The number of aliphatic imine (C=N–C) groups is 2. The second-order valence-corrected chi connectivity index (χ2v) is 11.5. The van der Waals surface area contributed by atoms with E-state index in [0.29, 0.717) is 28.8 Å². The zero-order valence-corrected chi connectivity index (χ0v) is 24.2. The minimum atomic E-state index is -1.15. The predicted molar refractivity (Wildman–Crippen MR) is 165 cm³/mol. The minimum Gasteiger partial charge on any atom is -0.384 e. The number of amides is 1. The third-order valence-corrected chi connectivity index (χ3v) is 8.25. The number of hydrogen-bond donors (Lipinski definition) is 2. The first-order valence-corrected chi connectivity index (χ1v) is 14.5. The van der Waals surface area contributed by atoms with Crippen LogP contribution in [0.2, 0.25) is 0 Å². The van der Waals surface area contributed by atoms with E-state index in [0.717, 1.165) is 11.7 Å². The third kappa shape index (κ3) is 6.26. The molecule has 2 aliphatic heterocycles. The van der Waals surface area contributed by atoms with Crippen LogP contribution < -0.4 is 10.3 Å². The Hall–Kier alpha value is -3.82. The number of amidine groups is 1. The van der Waals surface area contributed by atoms with Gasteiger partial charge in [-0.1, -0.05) is 24.3 Å². The normalized spacial score (nSPS) is 23.6. The van der Waals surface area contributed by atoms with Crippen molar-refractivity contribution < 1.29 is 9.90 Å². The Morgan fingerprint density at radius 3 is 2.46 bits per heavy atom. The van der Waals surface area contributed by atoms with Crippen LogP contribution in [0.5, 0.6) is 0 Å². The molecule has 0 spiro atoms. The number of aromatic nitrogens is 1. The van der Waals surface area contributed by atoms with Crippen molar-refractivity contribution in [2.75, 3.05) is 36.6 Å². The second kappa shape index (κ2) is 12.4. The Balaban J connectivity index is 1.32. The molecule has 0 radical (unpaired) electrons. The lowest BCUT2D eigenvalue weighted by Gasteiger charge is -2.42. The first-order chi connectivity index (χ1) is 19.8. The zero-order valence-electron chi connectivity index (χ0n) is 24.2. The number of aliphatic hydroxyl groups is 1. The molecule has 3 heterocycles. The quantitative estimate of drug-likeness (QED) is 0.247. The first kappa shape index (κ1) is 28.7. The molecule has 1 aromatic heterocycles. The summed E-state index contributed by atoms with van der Waals surface area (Å²) in [4.78, 5) is 29.3. The van der Waals surface area contributed by atoms with Crippen LogP contribution in [-0.4, -0.2) is 70.8 Å². The van der Waals surface area contributed by atoms with Gasteiger partial charge in [-0.05, 0) is 102 Å². The molecule has 3 aliphatic rings. The summed E-state index contributed by atoms with van der Waals surface area (Å²) in [6.07, 6.45) is 9.51. The van der Waals surface area contributed by atoms with E-state index in [1.165, 1.54) is 62.0 Å². The molecule has 0 unspecified atom stereocenters. The average molecular weight is 556 g/mol. The van der Waals surface area contributed by atoms with Gasteiger partial charge in [-0.3, -0.25) is 9.79 Å². The molecule has 41 heavy (non-hydrogen) atoms. The number of likely N-dealkylation sites (tertiary alicyclic amines) is 1. The summed E-state index contributed by atoms with van der Waals surface area (Å²) in [5.74, 6) is 1.20. The number of rotatable bonds is 10. The maximum atomic E-state index is 13.4. The van der Waals surface area contributed by atoms with Crippen LogP contribution in [0.4, 0.5) is 11.5 Å². The van der Waals surface area contributed by atoms with Gasteiger partial charge in [-0.15, -0.1) is 6.58 Å². The molecule has 2 N–H and O–H groups in total. The number of hydrogen-bond acceptors (Lipinski definition) is 7. The Bertz CT molecular complexity index is 1320. The van der Waals surface area contributed by atoms with Gasteiger partial charge in [-0.25, -0.2) is 20.0 Å². The predicted octanol–water partition coefficient (Wildman–Crippen LogP) is 4.84. The molecule has 5 rings (SSSR count). The van der Waals surface area contributed by atoms with E-state index in [2.05, 4.69) is 57.8 Å². The van der Waals surface area contributed by atoms with E-state index >= 15 is 0 Å². The Labute approximate surface area is 243 Å². The molecule has 0 atom stereocenters. The van der Waals surface area contributed by atoms with E-state index in [-0.39, 0.29) is 19.1 Å². The maximum Gasteiger partial charge on any atom is 0.278 e. The van der Waals surface area contributed by atoms with Crippen LogP contribution in [0.25, 0.3) is 0 Å². The molecule has 1 amide bonds. The van der Waals surface area contributed by atoms with E-state index in [1.54, 1.807) is 43.1 Å². The van der Waals surface area contributed by atoms with Crippen molar-refractivity contribution in [2.45, 2.75) is 63.5 Å². The van der Waals surface area contributed by atoms with Gasteiger partial charge in [-0.2, -0.15) is 0 Å². The van der Waals surface area contributed by atoms with Crippen molar-refractivity contribution in [3.05, 3.63) is 78.1 Å². The molecule has 9 heteroatoms. The number of carbonyl (C=O) groups is 1. The molecule has 216 valence electrons. The van der Waals surface area contributed by atoms with Crippen LogP contribution in [-0.2, 0) is 10.4 Å². The molecule has 3 fully saturated rings. The van der Waals surface area contributed by atoms with Crippen LogP contribution >= 0.6 is 0 Å². The van der Waals surface area contributed by atoms with E-state index in [1.807, 2.05) is 0 Å². The Kier molecular flexibility index (Phi) is 8.65. The highest BCUT2D eigenvalue weighted by Crippen LogP contribution is 2.36. The summed E-state index contributed by atoms with van der Waals surface area (Å²) in [5, 5.41) is 17.1. The number of pyridine rings is 1. The Morgan fingerprint density at radius 1 is 1.12 bits per heavy atom. The molecular weight excluding hydrogens is 514 g/mol. The number of nitrogens with zero attached hydrogens (tertiary/aromatic N) is 6. The lowest BCUT2D eigenvalue weighted by atomic mass is 9.80. The molecular formula is C32H41N7O2. The number of nitrogens with one attached hydrogen (secondary N) is 1. The summed E-state index contributed by atoms with van der Waals surface area (Å²) in [6, 6.07) is 14.8. The smallest absolute Gasteiger partial charge is 0.278 e. The van der Waals surface area contributed by atoms with Gasteiger partial charge in [0.05, 0.1) is 12.2 Å². The SMILES string of the molecule is C=CCN1C(=O)C(=C/N=C)/C(=N\CNc2ccc(C3CCC(N4CCC4)CC3)cc2)N1c1cccc(C(C)(C)O)n1. The Morgan fingerprint density at radius 2 is 1.85 bits per heavy atom. The van der Waals surface area contributed by atoms with E-state index < -0.39 is 5.60 Å². The molecule has 1 saturated carbocycles. The van der Waals surface area contributed by atoms with Gasteiger partial charge in [0.15, 0.2) is 11.7 Å². The van der Waals surface area contributed by atoms with Crippen LogP contribution in [0.15, 0.2) is 76.9 Å². The number of benzene rings is 1. The van der Waals surface area contributed by atoms with Crippen molar-refractivity contribution in [3.63, 3.8) is 0 Å². The third-order valence-electron chi connectivity index (χ3n) is 8.25. The first-order valence-electron chi connectivity index (χ1n) is 14.5.